The summed E-state index contributed by atoms with van der Waals surface area (Å²) in [4.78, 5) is 0. The monoisotopic (exact) mass is 283 g/mol. The van der Waals surface area contributed by atoms with E-state index in [2.05, 4.69) is 18.2 Å². The lowest BCUT2D eigenvalue weighted by Crippen LogP contribution is -1.98. The van der Waals surface area contributed by atoms with E-state index < -0.39 is 0 Å². The fourth-order valence-electron chi connectivity index (χ4n) is 3.10. The summed E-state index contributed by atoms with van der Waals surface area (Å²) in [5, 5.41) is 8.91. The first-order valence-corrected chi connectivity index (χ1v) is 8.03. The molecule has 112 valence electrons. The van der Waals surface area contributed by atoms with Crippen molar-refractivity contribution in [2.24, 2.45) is 0 Å². The molecule has 0 atom stereocenters. The van der Waals surface area contributed by atoms with Crippen LogP contribution in [0, 0.1) is 11.3 Å². The summed E-state index contributed by atoms with van der Waals surface area (Å²) in [5.74, 6) is 0.902. The molecule has 1 aliphatic carbocycles. The molecular weight excluding hydrogens is 258 g/mol. The molecule has 1 aromatic carbocycles. The van der Waals surface area contributed by atoms with Gasteiger partial charge in [-0.25, -0.2) is 0 Å². The maximum atomic E-state index is 8.91. The van der Waals surface area contributed by atoms with Crippen molar-refractivity contribution in [1.82, 2.24) is 0 Å². The first kappa shape index (κ1) is 15.6. The van der Waals surface area contributed by atoms with Gasteiger partial charge in [0.15, 0.2) is 0 Å². The number of nitriles is 1. The number of hydrogen-bond donors (Lipinski definition) is 0. The van der Waals surface area contributed by atoms with Crippen LogP contribution in [-0.2, 0) is 6.42 Å². The zero-order valence-corrected chi connectivity index (χ0v) is 13.0. The van der Waals surface area contributed by atoms with Gasteiger partial charge in [-0.15, -0.1) is 0 Å². The van der Waals surface area contributed by atoms with Crippen LogP contribution in [0.3, 0.4) is 0 Å². The van der Waals surface area contributed by atoms with E-state index in [9.17, 15) is 0 Å². The van der Waals surface area contributed by atoms with Gasteiger partial charge in [-0.3, -0.25) is 0 Å². The van der Waals surface area contributed by atoms with Crippen LogP contribution in [0.2, 0.25) is 0 Å². The molecule has 0 spiro atoms. The van der Waals surface area contributed by atoms with Crippen molar-refractivity contribution in [2.45, 2.75) is 57.8 Å². The normalized spacial score (nSPS) is 15.1. The predicted molar refractivity (Wildman–Crippen MR) is 86.3 cm³/mol. The van der Waals surface area contributed by atoms with E-state index in [-0.39, 0.29) is 0 Å². The second-order valence-corrected chi connectivity index (χ2v) is 5.80. The molecule has 2 nitrogen and oxygen atoms in total. The van der Waals surface area contributed by atoms with Crippen molar-refractivity contribution in [2.75, 3.05) is 7.11 Å². The number of allylic oxidation sites excluding steroid dienone is 2. The first-order valence-electron chi connectivity index (χ1n) is 8.03. The molecule has 0 amide bonds. The Morgan fingerprint density at radius 3 is 2.33 bits per heavy atom. The molecule has 0 radical (unpaired) electrons. The average Bonchev–Trinajstić information content (AvgIpc) is 2.81. The zero-order chi connectivity index (χ0) is 14.9. The van der Waals surface area contributed by atoms with Crippen molar-refractivity contribution >= 4 is 0 Å². The quantitative estimate of drug-likeness (QED) is 0.550. The van der Waals surface area contributed by atoms with Crippen LogP contribution in [-0.4, -0.2) is 7.11 Å². The summed E-state index contributed by atoms with van der Waals surface area (Å²) in [6, 6.07) is 10.6. The molecule has 1 saturated carbocycles. The highest BCUT2D eigenvalue weighted by Gasteiger charge is 2.11. The summed E-state index contributed by atoms with van der Waals surface area (Å²) in [6.07, 6.45) is 10.4. The van der Waals surface area contributed by atoms with Crippen LogP contribution in [0.5, 0.6) is 5.75 Å². The van der Waals surface area contributed by atoms with E-state index in [1.165, 1.54) is 49.7 Å². The molecule has 0 aliphatic heterocycles. The van der Waals surface area contributed by atoms with Crippen LogP contribution in [0.4, 0.5) is 0 Å². The van der Waals surface area contributed by atoms with E-state index in [1.807, 2.05) is 12.1 Å². The second kappa shape index (κ2) is 8.52. The first-order chi connectivity index (χ1) is 10.3. The van der Waals surface area contributed by atoms with Crippen LogP contribution in [0.25, 0.3) is 0 Å². The van der Waals surface area contributed by atoms with Gasteiger partial charge in [-0.1, -0.05) is 36.1 Å². The molecule has 1 fully saturated rings. The molecule has 0 saturated heterocycles. The number of rotatable bonds is 5. The van der Waals surface area contributed by atoms with Gasteiger partial charge >= 0.3 is 0 Å². The van der Waals surface area contributed by atoms with E-state index >= 15 is 0 Å². The van der Waals surface area contributed by atoms with E-state index in [1.54, 1.807) is 12.7 Å². The van der Waals surface area contributed by atoms with E-state index in [4.69, 9.17) is 10.00 Å². The largest absolute Gasteiger partial charge is 0.497 e. The van der Waals surface area contributed by atoms with Gasteiger partial charge in [0.2, 0.25) is 0 Å². The molecule has 2 heteroatoms. The number of benzene rings is 1. The minimum Gasteiger partial charge on any atom is -0.497 e. The van der Waals surface area contributed by atoms with Gasteiger partial charge in [0, 0.05) is 6.42 Å². The van der Waals surface area contributed by atoms with Crippen molar-refractivity contribution in [3.8, 4) is 11.8 Å². The second-order valence-electron chi connectivity index (χ2n) is 5.80. The van der Waals surface area contributed by atoms with E-state index in [0.717, 1.165) is 18.6 Å². The van der Waals surface area contributed by atoms with Crippen molar-refractivity contribution in [3.05, 3.63) is 41.0 Å². The number of ether oxygens (including phenoxy) is 1. The smallest absolute Gasteiger partial charge is 0.118 e. The Hall–Kier alpha value is -1.75. The highest BCUT2D eigenvalue weighted by atomic mass is 16.5. The van der Waals surface area contributed by atoms with Gasteiger partial charge in [-0.05, 0) is 56.2 Å². The Kier molecular flexibility index (Phi) is 6.34. The zero-order valence-electron chi connectivity index (χ0n) is 13.0. The number of methoxy groups -OCH3 is 1. The lowest BCUT2D eigenvalue weighted by Gasteiger charge is -2.14. The summed E-state index contributed by atoms with van der Waals surface area (Å²) in [7, 11) is 1.70. The van der Waals surface area contributed by atoms with Crippen LogP contribution >= 0.6 is 0 Å². The molecule has 2 rings (SSSR count). The SMILES string of the molecule is COc1ccc(CC(CCC#N)=C2CCCCCC2)cc1. The molecule has 0 bridgehead atoms. The Bertz CT molecular complexity index is 497. The highest BCUT2D eigenvalue weighted by molar-refractivity contribution is 5.31. The molecule has 0 N–H and O–H groups in total. The highest BCUT2D eigenvalue weighted by Crippen LogP contribution is 2.29. The molecule has 0 unspecified atom stereocenters. The third-order valence-corrected chi connectivity index (χ3v) is 4.32. The Morgan fingerprint density at radius 2 is 1.76 bits per heavy atom. The molecule has 0 aromatic heterocycles. The van der Waals surface area contributed by atoms with Gasteiger partial charge < -0.3 is 4.74 Å². The van der Waals surface area contributed by atoms with Crippen molar-refractivity contribution in [1.29, 1.82) is 5.26 Å². The fraction of sp³-hybridized carbons (Fsp3) is 0.526. The van der Waals surface area contributed by atoms with Gasteiger partial charge in [0.25, 0.3) is 0 Å². The maximum Gasteiger partial charge on any atom is 0.118 e. The summed E-state index contributed by atoms with van der Waals surface area (Å²) >= 11 is 0. The fourth-order valence-corrected chi connectivity index (χ4v) is 3.10. The molecular formula is C19H25NO. The minimum atomic E-state index is 0.634. The van der Waals surface area contributed by atoms with Crippen LogP contribution in [0.1, 0.15) is 56.9 Å². The molecule has 21 heavy (non-hydrogen) atoms. The molecule has 1 aliphatic rings. The van der Waals surface area contributed by atoms with Crippen LogP contribution in [0.15, 0.2) is 35.4 Å². The third kappa shape index (κ3) is 4.93. The van der Waals surface area contributed by atoms with Crippen LogP contribution < -0.4 is 4.74 Å². The number of nitrogens with zero attached hydrogens (tertiary/aromatic N) is 1. The number of hydrogen-bond acceptors (Lipinski definition) is 2. The van der Waals surface area contributed by atoms with E-state index in [0.29, 0.717) is 6.42 Å². The average molecular weight is 283 g/mol. The topological polar surface area (TPSA) is 33.0 Å². The Balaban J connectivity index is 2.14. The van der Waals surface area contributed by atoms with Gasteiger partial charge in [0.1, 0.15) is 5.75 Å². The summed E-state index contributed by atoms with van der Waals surface area (Å²) in [6.45, 7) is 0. The van der Waals surface area contributed by atoms with Crippen molar-refractivity contribution < 1.29 is 4.74 Å². The maximum absolute atomic E-state index is 8.91. The third-order valence-electron chi connectivity index (χ3n) is 4.32. The molecule has 0 heterocycles. The van der Waals surface area contributed by atoms with Gasteiger partial charge in [-0.2, -0.15) is 5.26 Å². The Morgan fingerprint density at radius 1 is 1.10 bits per heavy atom. The lowest BCUT2D eigenvalue weighted by atomic mass is 9.92. The molecule has 1 aromatic rings. The summed E-state index contributed by atoms with van der Waals surface area (Å²) in [5.41, 5.74) is 4.45. The summed E-state index contributed by atoms with van der Waals surface area (Å²) < 4.78 is 5.22. The van der Waals surface area contributed by atoms with Crippen molar-refractivity contribution in [3.63, 3.8) is 0 Å². The predicted octanol–water partition coefficient (Wildman–Crippen LogP) is 5.19. The minimum absolute atomic E-state index is 0.634. The lowest BCUT2D eigenvalue weighted by molar-refractivity contribution is 0.414. The Labute approximate surface area is 128 Å². The van der Waals surface area contributed by atoms with Gasteiger partial charge in [0.05, 0.1) is 13.2 Å². The standard InChI is InChI=1S/C19H25NO/c1-21-19-12-10-16(11-13-19)15-18(9-6-14-20)17-7-4-2-3-5-8-17/h10-13H,2-9,15H2,1H3.